The normalized spacial score (nSPS) is 22.0. The SMILES string of the molecule is CC(=O)Oc1cccc(C2(C3CCN(CCC=C(C)C)C3)CCCC2)c1O. The highest BCUT2D eigenvalue weighted by Crippen LogP contribution is 2.53. The Hall–Kier alpha value is -1.81. The first-order valence-corrected chi connectivity index (χ1v) is 10.3. The van der Waals surface area contributed by atoms with E-state index in [4.69, 9.17) is 4.74 Å². The van der Waals surface area contributed by atoms with E-state index in [0.717, 1.165) is 44.5 Å². The van der Waals surface area contributed by atoms with E-state index in [1.54, 1.807) is 6.07 Å². The van der Waals surface area contributed by atoms with Crippen LogP contribution in [-0.2, 0) is 10.2 Å². The fourth-order valence-corrected chi connectivity index (χ4v) is 5.09. The van der Waals surface area contributed by atoms with Crippen molar-refractivity contribution in [3.8, 4) is 11.5 Å². The van der Waals surface area contributed by atoms with E-state index in [1.165, 1.54) is 31.8 Å². The second-order valence-corrected chi connectivity index (χ2v) is 8.47. The number of esters is 1. The van der Waals surface area contributed by atoms with Gasteiger partial charge < -0.3 is 14.7 Å². The molecule has 4 heteroatoms. The quantitative estimate of drug-likeness (QED) is 0.443. The molecule has 1 heterocycles. The van der Waals surface area contributed by atoms with Crippen LogP contribution in [0.5, 0.6) is 11.5 Å². The van der Waals surface area contributed by atoms with E-state index < -0.39 is 5.97 Å². The first kappa shape index (κ1) is 19.9. The van der Waals surface area contributed by atoms with Gasteiger partial charge in [0.2, 0.25) is 0 Å². The van der Waals surface area contributed by atoms with Gasteiger partial charge in [0, 0.05) is 31.0 Å². The molecular weight excluding hydrogens is 338 g/mol. The monoisotopic (exact) mass is 371 g/mol. The summed E-state index contributed by atoms with van der Waals surface area (Å²) in [5.41, 5.74) is 2.37. The predicted octanol–water partition coefficient (Wildman–Crippen LogP) is 4.81. The average Bonchev–Trinajstić information content (AvgIpc) is 3.26. The first-order valence-electron chi connectivity index (χ1n) is 10.3. The molecule has 0 bridgehead atoms. The van der Waals surface area contributed by atoms with Gasteiger partial charge in [-0.3, -0.25) is 4.79 Å². The van der Waals surface area contributed by atoms with E-state index in [2.05, 4.69) is 24.8 Å². The lowest BCUT2D eigenvalue weighted by molar-refractivity contribution is -0.132. The molecule has 0 amide bonds. The minimum Gasteiger partial charge on any atom is -0.504 e. The molecule has 1 aliphatic carbocycles. The predicted molar refractivity (Wildman–Crippen MR) is 108 cm³/mol. The number of hydrogen-bond acceptors (Lipinski definition) is 4. The van der Waals surface area contributed by atoms with Crippen molar-refractivity contribution in [2.75, 3.05) is 19.6 Å². The van der Waals surface area contributed by atoms with E-state index in [-0.39, 0.29) is 11.2 Å². The fourth-order valence-electron chi connectivity index (χ4n) is 5.09. The molecular formula is C23H33NO3. The van der Waals surface area contributed by atoms with Crippen LogP contribution in [0.2, 0.25) is 0 Å². The number of likely N-dealkylation sites (tertiary alicyclic amines) is 1. The molecule has 0 spiro atoms. The molecule has 1 saturated heterocycles. The second kappa shape index (κ2) is 8.47. The second-order valence-electron chi connectivity index (χ2n) is 8.47. The van der Waals surface area contributed by atoms with E-state index in [9.17, 15) is 9.90 Å². The van der Waals surface area contributed by atoms with Crippen LogP contribution in [0.25, 0.3) is 0 Å². The zero-order valence-corrected chi connectivity index (χ0v) is 17.0. The fraction of sp³-hybridized carbons (Fsp3) is 0.609. The molecule has 1 N–H and O–H groups in total. The topological polar surface area (TPSA) is 49.8 Å². The summed E-state index contributed by atoms with van der Waals surface area (Å²) in [4.78, 5) is 13.9. The maximum absolute atomic E-state index is 11.4. The van der Waals surface area contributed by atoms with E-state index >= 15 is 0 Å². The number of ether oxygens (including phenoxy) is 1. The smallest absolute Gasteiger partial charge is 0.308 e. The van der Waals surface area contributed by atoms with Crippen LogP contribution in [-0.4, -0.2) is 35.6 Å². The maximum atomic E-state index is 11.4. The number of nitrogens with zero attached hydrogens (tertiary/aromatic N) is 1. The van der Waals surface area contributed by atoms with Gasteiger partial charge in [0.15, 0.2) is 11.5 Å². The minimum absolute atomic E-state index is 0.00546. The van der Waals surface area contributed by atoms with E-state index in [1.807, 2.05) is 12.1 Å². The number of rotatable bonds is 6. The molecule has 1 unspecified atom stereocenters. The van der Waals surface area contributed by atoms with Crippen LogP contribution < -0.4 is 4.74 Å². The van der Waals surface area contributed by atoms with Crippen LogP contribution in [0.15, 0.2) is 29.8 Å². The highest BCUT2D eigenvalue weighted by Gasteiger charge is 2.46. The third-order valence-corrected chi connectivity index (χ3v) is 6.34. The number of phenolic OH excluding ortho intramolecular Hbond substituents is 1. The van der Waals surface area contributed by atoms with Crippen molar-refractivity contribution in [2.24, 2.45) is 5.92 Å². The Balaban J connectivity index is 1.81. The van der Waals surface area contributed by atoms with Crippen LogP contribution >= 0.6 is 0 Å². The van der Waals surface area contributed by atoms with Crippen molar-refractivity contribution in [1.29, 1.82) is 0 Å². The van der Waals surface area contributed by atoms with Crippen molar-refractivity contribution in [1.82, 2.24) is 4.90 Å². The van der Waals surface area contributed by atoms with Gasteiger partial charge in [-0.05, 0) is 58.1 Å². The standard InChI is InChI=1S/C23H33NO3/c1-17(2)8-7-14-24-15-11-19(16-24)23(12-4-5-13-23)20-9-6-10-21(22(20)26)27-18(3)25/h6,8-10,19,26H,4-5,7,11-16H2,1-3H3. The van der Waals surface area contributed by atoms with Crippen molar-refractivity contribution >= 4 is 5.97 Å². The molecule has 148 valence electrons. The van der Waals surface area contributed by atoms with Gasteiger partial charge in [-0.2, -0.15) is 0 Å². The third-order valence-electron chi connectivity index (χ3n) is 6.34. The third kappa shape index (κ3) is 4.37. The molecule has 0 radical (unpaired) electrons. The van der Waals surface area contributed by atoms with Gasteiger partial charge in [0.25, 0.3) is 0 Å². The van der Waals surface area contributed by atoms with Crippen LogP contribution in [0.3, 0.4) is 0 Å². The average molecular weight is 372 g/mol. The van der Waals surface area contributed by atoms with Crippen LogP contribution in [0.1, 0.15) is 64.9 Å². The van der Waals surface area contributed by atoms with Gasteiger partial charge in [-0.25, -0.2) is 0 Å². The molecule has 4 nitrogen and oxygen atoms in total. The zero-order valence-electron chi connectivity index (χ0n) is 17.0. The summed E-state index contributed by atoms with van der Waals surface area (Å²) in [7, 11) is 0. The number of allylic oxidation sites excluding steroid dienone is 1. The van der Waals surface area contributed by atoms with Gasteiger partial charge in [0.1, 0.15) is 0 Å². The minimum atomic E-state index is -0.394. The Bertz CT molecular complexity index is 700. The summed E-state index contributed by atoms with van der Waals surface area (Å²) >= 11 is 0. The van der Waals surface area contributed by atoms with Crippen LogP contribution in [0.4, 0.5) is 0 Å². The lowest BCUT2D eigenvalue weighted by Gasteiger charge is -2.37. The number of aromatic hydroxyl groups is 1. The number of hydrogen-bond donors (Lipinski definition) is 1. The number of para-hydroxylation sites is 1. The summed E-state index contributed by atoms with van der Waals surface area (Å²) in [6, 6.07) is 5.64. The highest BCUT2D eigenvalue weighted by atomic mass is 16.5. The Morgan fingerprint density at radius 2 is 2.04 bits per heavy atom. The molecule has 2 aliphatic rings. The summed E-state index contributed by atoms with van der Waals surface area (Å²) in [6.07, 6.45) is 9.21. The number of carbonyl (C=O) groups excluding carboxylic acids is 1. The Morgan fingerprint density at radius 3 is 2.70 bits per heavy atom. The number of carbonyl (C=O) groups is 1. The van der Waals surface area contributed by atoms with Gasteiger partial charge in [0.05, 0.1) is 0 Å². The van der Waals surface area contributed by atoms with Gasteiger partial charge in [-0.15, -0.1) is 0 Å². The maximum Gasteiger partial charge on any atom is 0.308 e. The molecule has 1 atom stereocenters. The molecule has 0 aromatic heterocycles. The van der Waals surface area contributed by atoms with Crippen molar-refractivity contribution in [3.63, 3.8) is 0 Å². The Morgan fingerprint density at radius 1 is 1.30 bits per heavy atom. The number of phenols is 1. The summed E-state index contributed by atoms with van der Waals surface area (Å²) in [6.45, 7) is 9.01. The van der Waals surface area contributed by atoms with Crippen molar-refractivity contribution < 1.29 is 14.6 Å². The van der Waals surface area contributed by atoms with Crippen LogP contribution in [0, 0.1) is 5.92 Å². The summed E-state index contributed by atoms with van der Waals surface area (Å²) < 4.78 is 5.24. The lowest BCUT2D eigenvalue weighted by atomic mass is 9.68. The van der Waals surface area contributed by atoms with Gasteiger partial charge in [-0.1, -0.05) is 36.6 Å². The zero-order chi connectivity index (χ0) is 19.4. The summed E-state index contributed by atoms with van der Waals surface area (Å²) in [5, 5.41) is 10.9. The summed E-state index contributed by atoms with van der Waals surface area (Å²) in [5.74, 6) is 0.613. The molecule has 2 fully saturated rings. The number of benzene rings is 1. The Kier molecular flexibility index (Phi) is 6.25. The van der Waals surface area contributed by atoms with E-state index in [0.29, 0.717) is 11.7 Å². The Labute approximate surface area is 163 Å². The molecule has 1 saturated carbocycles. The molecule has 1 aromatic carbocycles. The van der Waals surface area contributed by atoms with Gasteiger partial charge >= 0.3 is 5.97 Å². The highest BCUT2D eigenvalue weighted by molar-refractivity contribution is 5.70. The molecule has 1 aromatic rings. The lowest BCUT2D eigenvalue weighted by Crippen LogP contribution is -2.35. The first-order chi connectivity index (χ1) is 12.9. The molecule has 3 rings (SSSR count). The largest absolute Gasteiger partial charge is 0.504 e. The van der Waals surface area contributed by atoms with Crippen molar-refractivity contribution in [2.45, 2.75) is 64.7 Å². The molecule has 1 aliphatic heterocycles. The van der Waals surface area contributed by atoms with Crippen molar-refractivity contribution in [3.05, 3.63) is 35.4 Å². The molecule has 27 heavy (non-hydrogen) atoms.